The molecule has 1 aromatic carbocycles. The van der Waals surface area contributed by atoms with E-state index < -0.39 is 63.4 Å². The summed E-state index contributed by atoms with van der Waals surface area (Å²) in [5.41, 5.74) is 0.289. The van der Waals surface area contributed by atoms with E-state index in [1.54, 1.807) is 19.1 Å². The van der Waals surface area contributed by atoms with Crippen LogP contribution in [0.3, 0.4) is 0 Å². The van der Waals surface area contributed by atoms with Crippen molar-refractivity contribution < 1.29 is 37.1 Å². The molecule has 276 valence electrons. The topological polar surface area (TPSA) is 189 Å². The maximum atomic E-state index is 13.6. The smallest absolute Gasteiger partial charge is 0.408 e. The molecule has 0 aliphatic rings. The fraction of sp³-hybridized carbons (Fsp3) is 0.629. The van der Waals surface area contributed by atoms with Gasteiger partial charge in [-0.15, -0.1) is 0 Å². The fourth-order valence-electron chi connectivity index (χ4n) is 4.55. The van der Waals surface area contributed by atoms with Crippen LogP contribution in [0, 0.1) is 11.8 Å². The van der Waals surface area contributed by atoms with E-state index in [1.807, 2.05) is 59.7 Å². The van der Waals surface area contributed by atoms with E-state index >= 15 is 0 Å². The summed E-state index contributed by atoms with van der Waals surface area (Å²) in [7, 11) is -3.43. The van der Waals surface area contributed by atoms with Crippen LogP contribution in [0.4, 0.5) is 4.79 Å². The summed E-state index contributed by atoms with van der Waals surface area (Å²) in [4.78, 5) is 65.8. The molecule has 13 nitrogen and oxygen atoms in total. The number of nitrogens with one attached hydrogen (secondary N) is 5. The molecule has 0 saturated heterocycles. The van der Waals surface area contributed by atoms with Crippen LogP contribution in [0.1, 0.15) is 93.1 Å². The van der Waals surface area contributed by atoms with Gasteiger partial charge in [-0.3, -0.25) is 19.2 Å². The van der Waals surface area contributed by atoms with Crippen molar-refractivity contribution in [2.45, 2.75) is 124 Å². The van der Waals surface area contributed by atoms with E-state index in [0.29, 0.717) is 19.3 Å². The number of sulfone groups is 1. The van der Waals surface area contributed by atoms with Crippen LogP contribution in [-0.4, -0.2) is 74.1 Å². The van der Waals surface area contributed by atoms with Gasteiger partial charge in [0.25, 0.3) is 0 Å². The van der Waals surface area contributed by atoms with Gasteiger partial charge in [-0.25, -0.2) is 13.2 Å². The number of ether oxygens (including phenoxy) is 1. The highest BCUT2D eigenvalue weighted by molar-refractivity contribution is 7.93. The van der Waals surface area contributed by atoms with Gasteiger partial charge < -0.3 is 31.3 Å². The Morgan fingerprint density at radius 2 is 1.51 bits per heavy atom. The molecule has 5 N–H and O–H groups in total. The normalized spacial score (nSPS) is 15.0. The predicted octanol–water partition coefficient (Wildman–Crippen LogP) is 3.49. The van der Waals surface area contributed by atoms with Gasteiger partial charge in [-0.1, -0.05) is 77.4 Å². The van der Waals surface area contributed by atoms with Crippen molar-refractivity contribution in [3.05, 3.63) is 47.4 Å². The van der Waals surface area contributed by atoms with Gasteiger partial charge in [-0.2, -0.15) is 0 Å². The molecule has 0 aliphatic heterocycles. The molecule has 0 spiro atoms. The van der Waals surface area contributed by atoms with E-state index in [9.17, 15) is 32.4 Å². The Balaban J connectivity index is 3.15. The summed E-state index contributed by atoms with van der Waals surface area (Å²) in [5, 5.41) is 14.6. The first kappa shape index (κ1) is 43.1. The Morgan fingerprint density at radius 1 is 0.878 bits per heavy atom. The van der Waals surface area contributed by atoms with Gasteiger partial charge >= 0.3 is 6.09 Å². The zero-order valence-corrected chi connectivity index (χ0v) is 31.2. The quantitative estimate of drug-likeness (QED) is 0.136. The van der Waals surface area contributed by atoms with Crippen molar-refractivity contribution in [1.29, 1.82) is 0 Å². The number of alkyl carbamates (subject to hydrolysis) is 1. The highest BCUT2D eigenvalue weighted by Crippen LogP contribution is 2.13. The summed E-state index contributed by atoms with van der Waals surface area (Å²) >= 11 is 0. The Morgan fingerprint density at radius 3 is 2.06 bits per heavy atom. The van der Waals surface area contributed by atoms with E-state index in [0.717, 1.165) is 17.2 Å². The van der Waals surface area contributed by atoms with Gasteiger partial charge in [0.15, 0.2) is 9.84 Å². The van der Waals surface area contributed by atoms with Crippen LogP contribution in [0.15, 0.2) is 41.8 Å². The molecular weight excluding hydrogens is 650 g/mol. The third kappa shape index (κ3) is 17.9. The molecular formula is C35H57N5O8S. The summed E-state index contributed by atoms with van der Waals surface area (Å²) in [6.45, 7) is 14.6. The van der Waals surface area contributed by atoms with Crippen molar-refractivity contribution in [2.24, 2.45) is 11.8 Å². The second-order valence-electron chi connectivity index (χ2n) is 13.6. The summed E-state index contributed by atoms with van der Waals surface area (Å²) in [6.07, 6.45) is 3.10. The maximum absolute atomic E-state index is 13.6. The second-order valence-corrected chi connectivity index (χ2v) is 15.5. The standard InChI is InChI=1S/C35H57N5O8S/c1-10-24(5)30(39-34(45)48-22-26-15-13-12-14-16-26)33(44)38-28(17-18-29(41)40-35(7,8)11-2)32(43)36-25(6)31(42)37-27(21-23(3)4)19-20-49(9,46)47/h12-16,19-20,23-25,27-28,30H,10-11,17-18,21-22H2,1-9H3,(H,36,43)(H,37,42)(H,38,44)(H,39,45)(H,40,41). The lowest BCUT2D eigenvalue weighted by molar-refractivity contribution is -0.133. The zero-order valence-electron chi connectivity index (χ0n) is 30.4. The number of rotatable bonds is 20. The van der Waals surface area contributed by atoms with Crippen LogP contribution in [0.5, 0.6) is 0 Å². The highest BCUT2D eigenvalue weighted by atomic mass is 32.2. The molecule has 5 atom stereocenters. The molecule has 1 aromatic rings. The lowest BCUT2D eigenvalue weighted by atomic mass is 9.97. The molecule has 1 rings (SSSR count). The molecule has 14 heteroatoms. The monoisotopic (exact) mass is 707 g/mol. The molecule has 0 bridgehead atoms. The Labute approximate surface area is 292 Å². The molecule has 0 aromatic heterocycles. The molecule has 5 unspecified atom stereocenters. The van der Waals surface area contributed by atoms with Crippen molar-refractivity contribution in [3.63, 3.8) is 0 Å². The third-order valence-electron chi connectivity index (χ3n) is 8.00. The molecule has 0 radical (unpaired) electrons. The third-order valence-corrected chi connectivity index (χ3v) is 8.65. The Hall–Kier alpha value is -3.94. The number of carbonyl (C=O) groups is 5. The lowest BCUT2D eigenvalue weighted by Gasteiger charge is -2.28. The molecule has 5 amide bonds. The van der Waals surface area contributed by atoms with Gasteiger partial charge in [-0.05, 0) is 57.4 Å². The predicted molar refractivity (Wildman–Crippen MR) is 190 cm³/mol. The van der Waals surface area contributed by atoms with E-state index in [4.69, 9.17) is 4.74 Å². The lowest BCUT2D eigenvalue weighted by Crippen LogP contribution is -2.58. The fourth-order valence-corrected chi connectivity index (χ4v) is 5.02. The van der Waals surface area contributed by atoms with E-state index in [2.05, 4.69) is 26.6 Å². The van der Waals surface area contributed by atoms with Crippen LogP contribution in [-0.2, 0) is 40.4 Å². The number of hydrogen-bond acceptors (Lipinski definition) is 8. The molecule has 0 aliphatic carbocycles. The molecule has 49 heavy (non-hydrogen) atoms. The maximum Gasteiger partial charge on any atom is 0.408 e. The highest BCUT2D eigenvalue weighted by Gasteiger charge is 2.32. The SMILES string of the molecule is CCC(C)C(NC(=O)OCc1ccccc1)C(=O)NC(CCC(=O)NC(C)(C)CC)C(=O)NC(C)C(=O)NC(C=CS(C)(=O)=O)CC(C)C. The summed E-state index contributed by atoms with van der Waals surface area (Å²) < 4.78 is 28.6. The van der Waals surface area contributed by atoms with Crippen molar-refractivity contribution in [2.75, 3.05) is 6.26 Å². The minimum absolute atomic E-state index is 0.00219. The minimum atomic E-state index is -3.43. The average Bonchev–Trinajstić information content (AvgIpc) is 3.02. The molecule has 0 heterocycles. The first-order valence-electron chi connectivity index (χ1n) is 16.8. The van der Waals surface area contributed by atoms with Gasteiger partial charge in [0.05, 0.1) is 0 Å². The average molecular weight is 708 g/mol. The van der Waals surface area contributed by atoms with E-state index in [1.165, 1.54) is 13.0 Å². The zero-order chi connectivity index (χ0) is 37.4. The number of hydrogen-bond donors (Lipinski definition) is 5. The van der Waals surface area contributed by atoms with Gasteiger partial charge in [0, 0.05) is 29.7 Å². The molecule has 0 fully saturated rings. The first-order chi connectivity index (χ1) is 22.8. The van der Waals surface area contributed by atoms with Gasteiger partial charge in [0.1, 0.15) is 24.7 Å². The Bertz CT molecular complexity index is 1380. The van der Waals surface area contributed by atoms with Crippen LogP contribution in [0.2, 0.25) is 0 Å². The van der Waals surface area contributed by atoms with Crippen LogP contribution < -0.4 is 26.6 Å². The number of amides is 5. The largest absolute Gasteiger partial charge is 0.445 e. The number of benzene rings is 1. The summed E-state index contributed by atoms with van der Waals surface area (Å²) in [5.74, 6) is -2.46. The van der Waals surface area contributed by atoms with Crippen LogP contribution >= 0.6 is 0 Å². The van der Waals surface area contributed by atoms with E-state index in [-0.39, 0.29) is 37.2 Å². The minimum Gasteiger partial charge on any atom is -0.445 e. The van der Waals surface area contributed by atoms with Crippen molar-refractivity contribution in [3.8, 4) is 0 Å². The second kappa shape index (κ2) is 20.5. The molecule has 0 saturated carbocycles. The van der Waals surface area contributed by atoms with Crippen LogP contribution in [0.25, 0.3) is 0 Å². The Kier molecular flexibility index (Phi) is 18.1. The summed E-state index contributed by atoms with van der Waals surface area (Å²) in [6, 6.07) is 5.08. The number of carbonyl (C=O) groups excluding carboxylic acids is 5. The van der Waals surface area contributed by atoms with Gasteiger partial charge in [0.2, 0.25) is 23.6 Å². The van der Waals surface area contributed by atoms with Crippen molar-refractivity contribution >= 4 is 39.6 Å². The van der Waals surface area contributed by atoms with Crippen molar-refractivity contribution in [1.82, 2.24) is 26.6 Å². The first-order valence-corrected chi connectivity index (χ1v) is 18.8.